The molecule has 0 saturated carbocycles. The molecule has 1 fully saturated rings. The van der Waals surface area contributed by atoms with Crippen LogP contribution in [0.15, 0.2) is 22.7 Å². The van der Waals surface area contributed by atoms with Crippen LogP contribution in [0.5, 0.6) is 0 Å². The lowest BCUT2D eigenvalue weighted by Crippen LogP contribution is -2.49. The number of aliphatic hydroxyl groups excluding tert-OH is 1. The van der Waals surface area contributed by atoms with E-state index in [0.717, 1.165) is 36.2 Å². The SMILES string of the molecule is Cc1cc(C(O)C(C)N2CCNCC2)ccc1Br. The molecule has 4 heteroatoms. The largest absolute Gasteiger partial charge is 0.387 e. The van der Waals surface area contributed by atoms with Gasteiger partial charge in [-0.1, -0.05) is 28.1 Å². The topological polar surface area (TPSA) is 35.5 Å². The molecule has 3 nitrogen and oxygen atoms in total. The molecule has 0 bridgehead atoms. The molecule has 2 unspecified atom stereocenters. The molecule has 1 aliphatic heterocycles. The Morgan fingerprint density at radius 2 is 2.00 bits per heavy atom. The van der Waals surface area contributed by atoms with Gasteiger partial charge in [0.1, 0.15) is 0 Å². The summed E-state index contributed by atoms with van der Waals surface area (Å²) in [4.78, 5) is 2.35. The van der Waals surface area contributed by atoms with Crippen molar-refractivity contribution >= 4 is 15.9 Å². The highest BCUT2D eigenvalue weighted by atomic mass is 79.9. The summed E-state index contributed by atoms with van der Waals surface area (Å²) in [6.45, 7) is 8.19. The van der Waals surface area contributed by atoms with E-state index in [9.17, 15) is 5.11 Å². The van der Waals surface area contributed by atoms with Gasteiger partial charge < -0.3 is 10.4 Å². The molecule has 0 spiro atoms. The van der Waals surface area contributed by atoms with E-state index in [2.05, 4.69) is 46.1 Å². The van der Waals surface area contributed by atoms with Crippen molar-refractivity contribution in [3.8, 4) is 0 Å². The van der Waals surface area contributed by atoms with Crippen LogP contribution in [0, 0.1) is 6.92 Å². The van der Waals surface area contributed by atoms with E-state index in [1.807, 2.05) is 12.1 Å². The Labute approximate surface area is 117 Å². The quantitative estimate of drug-likeness (QED) is 0.897. The van der Waals surface area contributed by atoms with Gasteiger partial charge in [-0.15, -0.1) is 0 Å². The van der Waals surface area contributed by atoms with E-state index in [1.165, 1.54) is 5.56 Å². The van der Waals surface area contributed by atoms with E-state index < -0.39 is 6.10 Å². The van der Waals surface area contributed by atoms with Gasteiger partial charge in [0, 0.05) is 36.7 Å². The summed E-state index contributed by atoms with van der Waals surface area (Å²) in [7, 11) is 0. The first-order valence-electron chi connectivity index (χ1n) is 6.48. The van der Waals surface area contributed by atoms with Crippen LogP contribution in [0.25, 0.3) is 0 Å². The van der Waals surface area contributed by atoms with Gasteiger partial charge in [-0.2, -0.15) is 0 Å². The third-order valence-electron chi connectivity index (χ3n) is 3.71. The number of piperazine rings is 1. The predicted octanol–water partition coefficient (Wildman–Crippen LogP) is 2.08. The Bertz CT molecular complexity index is 405. The first-order chi connectivity index (χ1) is 8.59. The molecule has 0 radical (unpaired) electrons. The van der Waals surface area contributed by atoms with Crippen molar-refractivity contribution in [2.45, 2.75) is 26.0 Å². The van der Waals surface area contributed by atoms with Crippen molar-refractivity contribution in [2.75, 3.05) is 26.2 Å². The minimum atomic E-state index is -0.421. The van der Waals surface area contributed by atoms with Crippen LogP contribution >= 0.6 is 15.9 Å². The standard InChI is InChI=1S/C14H21BrN2O/c1-10-9-12(3-4-13(10)15)14(18)11(2)17-7-5-16-6-8-17/h3-4,9,11,14,16,18H,5-8H2,1-2H3. The number of hydrogen-bond acceptors (Lipinski definition) is 3. The van der Waals surface area contributed by atoms with Crippen LogP contribution in [0.4, 0.5) is 0 Å². The summed E-state index contributed by atoms with van der Waals surface area (Å²) >= 11 is 3.49. The maximum Gasteiger partial charge on any atom is 0.0942 e. The van der Waals surface area contributed by atoms with Gasteiger partial charge in [0.05, 0.1) is 6.10 Å². The molecule has 1 aliphatic rings. The molecule has 100 valence electrons. The first kappa shape index (κ1) is 14.0. The lowest BCUT2D eigenvalue weighted by molar-refractivity contribution is 0.0510. The molecule has 18 heavy (non-hydrogen) atoms. The Hall–Kier alpha value is -0.420. The number of benzene rings is 1. The molecule has 1 aromatic rings. The molecular formula is C14H21BrN2O. The van der Waals surface area contributed by atoms with Crippen LogP contribution < -0.4 is 5.32 Å². The van der Waals surface area contributed by atoms with Crippen molar-refractivity contribution in [2.24, 2.45) is 0 Å². The van der Waals surface area contributed by atoms with Crippen molar-refractivity contribution in [1.82, 2.24) is 10.2 Å². The van der Waals surface area contributed by atoms with Gasteiger partial charge in [0.15, 0.2) is 0 Å². The smallest absolute Gasteiger partial charge is 0.0942 e. The fraction of sp³-hybridized carbons (Fsp3) is 0.571. The summed E-state index contributed by atoms with van der Waals surface area (Å²) in [5.41, 5.74) is 2.17. The van der Waals surface area contributed by atoms with E-state index in [-0.39, 0.29) is 6.04 Å². The summed E-state index contributed by atoms with van der Waals surface area (Å²) in [5.74, 6) is 0. The third kappa shape index (κ3) is 3.12. The summed E-state index contributed by atoms with van der Waals surface area (Å²) in [5, 5.41) is 13.8. The fourth-order valence-corrected chi connectivity index (χ4v) is 2.67. The molecule has 1 saturated heterocycles. The zero-order valence-electron chi connectivity index (χ0n) is 11.0. The van der Waals surface area contributed by atoms with Crippen LogP contribution in [0.3, 0.4) is 0 Å². The van der Waals surface area contributed by atoms with Crippen LogP contribution in [0.2, 0.25) is 0 Å². The van der Waals surface area contributed by atoms with Gasteiger partial charge in [-0.25, -0.2) is 0 Å². The van der Waals surface area contributed by atoms with Crippen molar-refractivity contribution in [3.05, 3.63) is 33.8 Å². The summed E-state index contributed by atoms with van der Waals surface area (Å²) < 4.78 is 1.09. The van der Waals surface area contributed by atoms with Crippen LogP contribution in [0.1, 0.15) is 24.2 Å². The molecule has 0 amide bonds. The maximum atomic E-state index is 10.5. The Morgan fingerprint density at radius 1 is 1.33 bits per heavy atom. The van der Waals surface area contributed by atoms with Gasteiger partial charge >= 0.3 is 0 Å². The molecule has 1 aromatic carbocycles. The minimum Gasteiger partial charge on any atom is -0.387 e. The highest BCUT2D eigenvalue weighted by Crippen LogP contribution is 2.25. The average molecular weight is 313 g/mol. The highest BCUT2D eigenvalue weighted by molar-refractivity contribution is 9.10. The zero-order chi connectivity index (χ0) is 13.1. The predicted molar refractivity (Wildman–Crippen MR) is 77.7 cm³/mol. The van der Waals surface area contributed by atoms with Gasteiger partial charge in [0.2, 0.25) is 0 Å². The van der Waals surface area contributed by atoms with E-state index in [1.54, 1.807) is 0 Å². The Kier molecular flexibility index (Phi) is 4.78. The normalized spacial score (nSPS) is 20.7. The van der Waals surface area contributed by atoms with Crippen molar-refractivity contribution in [3.63, 3.8) is 0 Å². The summed E-state index contributed by atoms with van der Waals surface area (Å²) in [6.07, 6.45) is -0.421. The molecule has 2 rings (SSSR count). The Balaban J connectivity index is 2.09. The minimum absolute atomic E-state index is 0.160. The molecule has 0 aliphatic carbocycles. The number of nitrogens with one attached hydrogen (secondary N) is 1. The lowest BCUT2D eigenvalue weighted by Gasteiger charge is -2.35. The molecule has 1 heterocycles. The van der Waals surface area contributed by atoms with E-state index >= 15 is 0 Å². The van der Waals surface area contributed by atoms with E-state index in [4.69, 9.17) is 0 Å². The maximum absolute atomic E-state index is 10.5. The number of hydrogen-bond donors (Lipinski definition) is 2. The molecule has 0 aromatic heterocycles. The van der Waals surface area contributed by atoms with Gasteiger partial charge in [-0.3, -0.25) is 4.90 Å². The first-order valence-corrected chi connectivity index (χ1v) is 7.28. The van der Waals surface area contributed by atoms with Gasteiger partial charge in [0.25, 0.3) is 0 Å². The fourth-order valence-electron chi connectivity index (χ4n) is 2.42. The number of aryl methyl sites for hydroxylation is 1. The van der Waals surface area contributed by atoms with E-state index in [0.29, 0.717) is 0 Å². The zero-order valence-corrected chi connectivity index (χ0v) is 12.6. The van der Waals surface area contributed by atoms with Gasteiger partial charge in [-0.05, 0) is 31.0 Å². The number of aliphatic hydroxyl groups is 1. The second-order valence-corrected chi connectivity index (χ2v) is 5.83. The van der Waals surface area contributed by atoms with Crippen LogP contribution in [-0.4, -0.2) is 42.2 Å². The average Bonchev–Trinajstić information content (AvgIpc) is 2.41. The molecule has 2 N–H and O–H groups in total. The molecular weight excluding hydrogens is 292 g/mol. The van der Waals surface area contributed by atoms with Crippen molar-refractivity contribution in [1.29, 1.82) is 0 Å². The second-order valence-electron chi connectivity index (χ2n) is 4.98. The third-order valence-corrected chi connectivity index (χ3v) is 4.60. The number of rotatable bonds is 3. The second kappa shape index (κ2) is 6.15. The van der Waals surface area contributed by atoms with Crippen LogP contribution in [-0.2, 0) is 0 Å². The number of nitrogens with zero attached hydrogens (tertiary/aromatic N) is 1. The summed E-state index contributed by atoms with van der Waals surface area (Å²) in [6, 6.07) is 6.24. The number of halogens is 1. The van der Waals surface area contributed by atoms with Crippen molar-refractivity contribution < 1.29 is 5.11 Å². The highest BCUT2D eigenvalue weighted by Gasteiger charge is 2.24. The lowest BCUT2D eigenvalue weighted by atomic mass is 10.00. The monoisotopic (exact) mass is 312 g/mol. The molecule has 2 atom stereocenters. The Morgan fingerprint density at radius 3 is 2.61 bits per heavy atom.